The van der Waals surface area contributed by atoms with Crippen molar-refractivity contribution in [1.29, 1.82) is 0 Å². The van der Waals surface area contributed by atoms with Crippen LogP contribution in [0.25, 0.3) is 0 Å². The van der Waals surface area contributed by atoms with Gasteiger partial charge in [-0.05, 0) is 43.9 Å². The Balaban J connectivity index is 1.63. The minimum atomic E-state index is -1.05. The molecule has 1 saturated heterocycles. The minimum Gasteiger partial charge on any atom is -0.454 e. The summed E-state index contributed by atoms with van der Waals surface area (Å²) in [7, 11) is 0. The van der Waals surface area contributed by atoms with Crippen molar-refractivity contribution in [1.82, 2.24) is 20.9 Å². The number of carbonyl (C=O) groups is 5. The Kier molecular flexibility index (Phi) is 9.55. The van der Waals surface area contributed by atoms with Crippen LogP contribution in [0.2, 0.25) is 0 Å². The number of hydrogen-bond donors (Lipinski definition) is 3. The molecule has 4 amide bonds. The molecule has 3 heterocycles. The zero-order chi connectivity index (χ0) is 32.4. The monoisotopic (exact) mass is 613 g/mol. The van der Waals surface area contributed by atoms with Crippen LogP contribution in [-0.4, -0.2) is 83.1 Å². The van der Waals surface area contributed by atoms with E-state index in [1.165, 1.54) is 11.8 Å². The Labute approximate surface area is 257 Å². The summed E-state index contributed by atoms with van der Waals surface area (Å²) < 4.78 is 10.9. The molecule has 3 aliphatic rings. The first-order chi connectivity index (χ1) is 20.6. The highest BCUT2D eigenvalue weighted by molar-refractivity contribution is 6.38. The quantitative estimate of drug-likeness (QED) is 0.339. The predicted octanol–water partition coefficient (Wildman–Crippen LogP) is 2.44. The van der Waals surface area contributed by atoms with Gasteiger partial charge in [0.25, 0.3) is 0 Å². The Morgan fingerprint density at radius 3 is 2.41 bits per heavy atom. The molecule has 3 N–H and O–H groups in total. The Morgan fingerprint density at radius 1 is 1.07 bits per heavy atom. The van der Waals surface area contributed by atoms with Gasteiger partial charge in [0.1, 0.15) is 12.1 Å². The first-order valence-corrected chi connectivity index (χ1v) is 15.0. The normalized spacial score (nSPS) is 21.9. The number of amides is 4. The Morgan fingerprint density at radius 2 is 1.77 bits per heavy atom. The molecule has 0 aromatic heterocycles. The van der Waals surface area contributed by atoms with Crippen LogP contribution in [-0.2, 0) is 24.0 Å². The second-order valence-corrected chi connectivity index (χ2v) is 13.1. The number of hydrogen-bond acceptors (Lipinski definition) is 9. The van der Waals surface area contributed by atoms with Gasteiger partial charge in [0.05, 0.1) is 18.3 Å². The van der Waals surface area contributed by atoms with Gasteiger partial charge in [0, 0.05) is 31.4 Å². The standard InChI is InChI=1S/C31H43N5O8/c1-8-9-20(25(38)18(4)37)33-27(39)22-14-31(13-21(35-44-31)19-10-11-23-24(12-19)43-16-42-23)15-36(22)28(40)26(30(5,6)7)34-29(41)32-17(2)3/h10-12,17,20,22,26H,8-9,13-16H2,1-7H3,(H,33,39)(H2,32,34,41)/t20-,22-,26+,31+/m0/s1. The van der Waals surface area contributed by atoms with Gasteiger partial charge in [0.15, 0.2) is 22.9 Å². The number of ketones is 2. The largest absolute Gasteiger partial charge is 0.454 e. The molecule has 0 saturated carbocycles. The van der Waals surface area contributed by atoms with Crippen molar-refractivity contribution < 1.29 is 38.3 Å². The number of urea groups is 1. The number of fused-ring (bicyclic) bond motifs is 1. The number of likely N-dealkylation sites (tertiary alicyclic amines) is 1. The van der Waals surface area contributed by atoms with Crippen molar-refractivity contribution in [2.75, 3.05) is 13.3 Å². The third-order valence-electron chi connectivity index (χ3n) is 7.90. The van der Waals surface area contributed by atoms with Gasteiger partial charge in [0.2, 0.25) is 24.4 Å². The van der Waals surface area contributed by atoms with Crippen LogP contribution < -0.4 is 25.4 Å². The van der Waals surface area contributed by atoms with Gasteiger partial charge in [-0.1, -0.05) is 39.3 Å². The van der Waals surface area contributed by atoms with Crippen LogP contribution in [0.1, 0.15) is 79.7 Å². The molecule has 13 nitrogen and oxygen atoms in total. The van der Waals surface area contributed by atoms with Crippen molar-refractivity contribution in [2.24, 2.45) is 10.6 Å². The number of oxime groups is 1. The lowest BCUT2D eigenvalue weighted by Crippen LogP contribution is -2.60. The van der Waals surface area contributed by atoms with Gasteiger partial charge in [-0.25, -0.2) is 4.79 Å². The van der Waals surface area contributed by atoms with E-state index in [1.807, 2.05) is 47.6 Å². The van der Waals surface area contributed by atoms with Gasteiger partial charge >= 0.3 is 6.03 Å². The molecular weight excluding hydrogens is 570 g/mol. The molecule has 0 radical (unpaired) electrons. The molecule has 1 spiro atoms. The van der Waals surface area contributed by atoms with E-state index in [0.717, 1.165) is 5.56 Å². The zero-order valence-electron chi connectivity index (χ0n) is 26.4. The fourth-order valence-electron chi connectivity index (χ4n) is 5.68. The maximum atomic E-state index is 14.3. The molecule has 0 unspecified atom stereocenters. The van der Waals surface area contributed by atoms with Crippen LogP contribution in [0.3, 0.4) is 0 Å². The van der Waals surface area contributed by atoms with Crippen LogP contribution in [0.5, 0.6) is 11.5 Å². The van der Waals surface area contributed by atoms with E-state index in [0.29, 0.717) is 30.1 Å². The topological polar surface area (TPSA) is 165 Å². The summed E-state index contributed by atoms with van der Waals surface area (Å²) in [5.41, 5.74) is -0.375. The summed E-state index contributed by atoms with van der Waals surface area (Å²) in [5, 5.41) is 12.6. The van der Waals surface area contributed by atoms with E-state index in [-0.39, 0.29) is 32.2 Å². The van der Waals surface area contributed by atoms with Crippen molar-refractivity contribution in [2.45, 2.75) is 104 Å². The summed E-state index contributed by atoms with van der Waals surface area (Å²) in [4.78, 5) is 72.8. The zero-order valence-corrected chi connectivity index (χ0v) is 26.4. The fourth-order valence-corrected chi connectivity index (χ4v) is 5.68. The number of rotatable bonds is 10. The number of carbonyl (C=O) groups excluding carboxylic acids is 5. The average Bonchev–Trinajstić information content (AvgIpc) is 3.68. The molecule has 0 bridgehead atoms. The SMILES string of the molecule is CCC[C@H](NC(=O)[C@@H]1C[C@]2(CC(c3ccc4c(c3)OCO4)=NO2)CN1C(=O)[C@@H](NC(=O)NC(C)C)C(C)(C)C)C(=O)C(C)=O. The molecule has 240 valence electrons. The molecule has 1 fully saturated rings. The Bertz CT molecular complexity index is 1350. The molecule has 1 aromatic carbocycles. The molecule has 4 atom stereocenters. The van der Waals surface area contributed by atoms with Crippen molar-refractivity contribution in [3.05, 3.63) is 23.8 Å². The number of nitrogens with one attached hydrogen (secondary N) is 3. The number of nitrogens with zero attached hydrogens (tertiary/aromatic N) is 2. The van der Waals surface area contributed by atoms with E-state index in [2.05, 4.69) is 21.1 Å². The van der Waals surface area contributed by atoms with Gasteiger partial charge < -0.3 is 35.2 Å². The van der Waals surface area contributed by atoms with Crippen LogP contribution in [0.4, 0.5) is 4.79 Å². The third kappa shape index (κ3) is 7.13. The van der Waals surface area contributed by atoms with Crippen molar-refractivity contribution >= 4 is 35.1 Å². The lowest BCUT2D eigenvalue weighted by molar-refractivity contribution is -0.143. The van der Waals surface area contributed by atoms with E-state index < -0.39 is 58.6 Å². The van der Waals surface area contributed by atoms with Crippen molar-refractivity contribution in [3.8, 4) is 11.5 Å². The molecule has 13 heteroatoms. The van der Waals surface area contributed by atoms with Crippen LogP contribution in [0.15, 0.2) is 23.4 Å². The molecular formula is C31H43N5O8. The summed E-state index contributed by atoms with van der Waals surface area (Å²) in [6.45, 7) is 12.2. The van der Waals surface area contributed by atoms with Gasteiger partial charge in [-0.3, -0.25) is 19.2 Å². The van der Waals surface area contributed by atoms with Crippen LogP contribution >= 0.6 is 0 Å². The summed E-state index contributed by atoms with van der Waals surface area (Å²) in [6.07, 6.45) is 1.21. The minimum absolute atomic E-state index is 0.0145. The smallest absolute Gasteiger partial charge is 0.315 e. The number of benzene rings is 1. The van der Waals surface area contributed by atoms with E-state index in [4.69, 9.17) is 14.3 Å². The number of Topliss-reactive ketones (excluding diaryl/α,β-unsaturated/α-hetero) is 2. The maximum absolute atomic E-state index is 14.3. The summed E-state index contributed by atoms with van der Waals surface area (Å²) >= 11 is 0. The lowest BCUT2D eigenvalue weighted by atomic mass is 9.85. The summed E-state index contributed by atoms with van der Waals surface area (Å²) in [5.74, 6) is -1.20. The second kappa shape index (κ2) is 12.8. The van der Waals surface area contributed by atoms with Gasteiger partial charge in [-0.2, -0.15) is 0 Å². The highest BCUT2D eigenvalue weighted by atomic mass is 16.7. The number of ether oxygens (including phenoxy) is 2. The Hall–Kier alpha value is -4.16. The van der Waals surface area contributed by atoms with Crippen LogP contribution in [0, 0.1) is 5.41 Å². The first-order valence-electron chi connectivity index (χ1n) is 15.0. The molecule has 1 aromatic rings. The lowest BCUT2D eigenvalue weighted by Gasteiger charge is -2.35. The van der Waals surface area contributed by atoms with E-state index >= 15 is 0 Å². The molecule has 4 rings (SSSR count). The maximum Gasteiger partial charge on any atom is 0.315 e. The predicted molar refractivity (Wildman–Crippen MR) is 160 cm³/mol. The fraction of sp³-hybridized carbons (Fsp3) is 0.613. The molecule has 3 aliphatic heterocycles. The first kappa shape index (κ1) is 32.7. The molecule has 44 heavy (non-hydrogen) atoms. The third-order valence-corrected chi connectivity index (χ3v) is 7.90. The van der Waals surface area contributed by atoms with E-state index in [1.54, 1.807) is 12.1 Å². The second-order valence-electron chi connectivity index (χ2n) is 13.1. The summed E-state index contributed by atoms with van der Waals surface area (Å²) in [6, 6.07) is 1.70. The van der Waals surface area contributed by atoms with Crippen molar-refractivity contribution in [3.63, 3.8) is 0 Å². The average molecular weight is 614 g/mol. The highest BCUT2D eigenvalue weighted by Crippen LogP contribution is 2.41. The molecule has 0 aliphatic carbocycles. The highest BCUT2D eigenvalue weighted by Gasteiger charge is 2.55. The van der Waals surface area contributed by atoms with Gasteiger partial charge in [-0.15, -0.1) is 0 Å². The van der Waals surface area contributed by atoms with E-state index in [9.17, 15) is 24.0 Å².